The number of ether oxygens (including phenoxy) is 3. The number of hydrogen-bond acceptors (Lipinski definition) is 5. The summed E-state index contributed by atoms with van der Waals surface area (Å²) in [6, 6.07) is 0. The van der Waals surface area contributed by atoms with Gasteiger partial charge in [-0.2, -0.15) is 0 Å². The number of hydrogen-bond donors (Lipinski definition) is 0. The van der Waals surface area contributed by atoms with Gasteiger partial charge in [0.15, 0.2) is 5.79 Å². The van der Waals surface area contributed by atoms with Crippen LogP contribution in [-0.4, -0.2) is 56.0 Å². The Bertz CT molecular complexity index is 556. The molecule has 1 aliphatic heterocycles. The fourth-order valence-electron chi connectivity index (χ4n) is 2.62. The third kappa shape index (κ3) is 5.32. The van der Waals surface area contributed by atoms with Gasteiger partial charge in [0.2, 0.25) is 5.91 Å². The van der Waals surface area contributed by atoms with Crippen LogP contribution >= 0.6 is 0 Å². The third-order valence-electron chi connectivity index (χ3n) is 3.90. The van der Waals surface area contributed by atoms with E-state index in [0.717, 1.165) is 18.4 Å². The van der Waals surface area contributed by atoms with E-state index in [0.29, 0.717) is 19.6 Å². The standard InChI is InChI=1S/C18H25NO5/c1-14(6-8-16(20)19(2)3)24-17(21)9-7-15-5-4-10-18(13-15)22-11-12-23-18/h5-9,14H,4,10-13H2,1-3H3/b8-6-,9-7+/t14-/m1/s1. The summed E-state index contributed by atoms with van der Waals surface area (Å²) in [5.41, 5.74) is 1.01. The number of amides is 1. The topological polar surface area (TPSA) is 65.1 Å². The number of allylic oxidation sites excluding steroid dienone is 2. The van der Waals surface area contributed by atoms with Crippen LogP contribution in [0.5, 0.6) is 0 Å². The van der Waals surface area contributed by atoms with Crippen molar-refractivity contribution in [1.29, 1.82) is 0 Å². The first-order valence-corrected chi connectivity index (χ1v) is 8.15. The molecule has 0 aromatic heterocycles. The van der Waals surface area contributed by atoms with Gasteiger partial charge in [-0.25, -0.2) is 4.79 Å². The van der Waals surface area contributed by atoms with Crippen LogP contribution in [0.2, 0.25) is 0 Å². The minimum Gasteiger partial charge on any atom is -0.455 e. The van der Waals surface area contributed by atoms with E-state index >= 15 is 0 Å². The van der Waals surface area contributed by atoms with Gasteiger partial charge in [-0.05, 0) is 25.0 Å². The lowest BCUT2D eigenvalue weighted by Crippen LogP contribution is -2.32. The average Bonchev–Trinajstić information content (AvgIpc) is 2.98. The van der Waals surface area contributed by atoms with Crippen molar-refractivity contribution in [3.8, 4) is 0 Å². The van der Waals surface area contributed by atoms with Crippen LogP contribution in [0.3, 0.4) is 0 Å². The molecule has 1 aliphatic carbocycles. The molecule has 1 saturated heterocycles. The van der Waals surface area contributed by atoms with Crippen LogP contribution in [0.4, 0.5) is 0 Å². The Hall–Kier alpha value is -1.92. The van der Waals surface area contributed by atoms with Crippen molar-refractivity contribution in [2.75, 3.05) is 27.3 Å². The highest BCUT2D eigenvalue weighted by Crippen LogP contribution is 2.36. The quantitative estimate of drug-likeness (QED) is 0.568. The van der Waals surface area contributed by atoms with Crippen molar-refractivity contribution in [2.45, 2.75) is 38.1 Å². The predicted octanol–water partition coefficient (Wildman–Crippen LogP) is 1.97. The van der Waals surface area contributed by atoms with Gasteiger partial charge in [-0.1, -0.05) is 12.2 Å². The van der Waals surface area contributed by atoms with Crippen LogP contribution in [-0.2, 0) is 23.8 Å². The molecule has 1 fully saturated rings. The smallest absolute Gasteiger partial charge is 0.331 e. The lowest BCUT2D eigenvalue weighted by atomic mass is 9.93. The molecule has 0 saturated carbocycles. The molecule has 132 valence electrons. The second-order valence-corrected chi connectivity index (χ2v) is 6.17. The fraction of sp³-hybridized carbons (Fsp3) is 0.556. The summed E-state index contributed by atoms with van der Waals surface area (Å²) in [5, 5.41) is 0. The van der Waals surface area contributed by atoms with Gasteiger partial charge >= 0.3 is 5.97 Å². The van der Waals surface area contributed by atoms with E-state index in [9.17, 15) is 9.59 Å². The first-order valence-electron chi connectivity index (χ1n) is 8.15. The largest absolute Gasteiger partial charge is 0.455 e. The molecule has 1 amide bonds. The van der Waals surface area contributed by atoms with Crippen molar-refractivity contribution in [3.63, 3.8) is 0 Å². The zero-order chi connectivity index (χ0) is 17.6. The SMILES string of the molecule is C[C@H](/C=C\C(=O)N(C)C)OC(=O)/C=C/C1=CCCC2(C1)OCCO2. The summed E-state index contributed by atoms with van der Waals surface area (Å²) >= 11 is 0. The Morgan fingerprint density at radius 3 is 2.67 bits per heavy atom. The molecule has 1 spiro atoms. The summed E-state index contributed by atoms with van der Waals surface area (Å²) < 4.78 is 16.6. The highest BCUT2D eigenvalue weighted by molar-refractivity contribution is 5.87. The molecule has 2 rings (SSSR count). The highest BCUT2D eigenvalue weighted by atomic mass is 16.7. The van der Waals surface area contributed by atoms with E-state index < -0.39 is 17.9 Å². The predicted molar refractivity (Wildman–Crippen MR) is 89.1 cm³/mol. The maximum atomic E-state index is 11.9. The molecule has 1 heterocycles. The zero-order valence-corrected chi connectivity index (χ0v) is 14.5. The highest BCUT2D eigenvalue weighted by Gasteiger charge is 2.38. The molecule has 0 aromatic rings. The van der Waals surface area contributed by atoms with Crippen LogP contribution in [0, 0.1) is 0 Å². The van der Waals surface area contributed by atoms with Gasteiger partial charge in [-0.15, -0.1) is 0 Å². The summed E-state index contributed by atoms with van der Waals surface area (Å²) in [6.45, 7) is 2.95. The van der Waals surface area contributed by atoms with E-state index in [2.05, 4.69) is 6.08 Å². The zero-order valence-electron chi connectivity index (χ0n) is 14.5. The molecule has 1 atom stereocenters. The number of carbonyl (C=O) groups excluding carboxylic acids is 2. The molecule has 0 N–H and O–H groups in total. The summed E-state index contributed by atoms with van der Waals surface area (Å²) in [6.07, 6.45) is 10.1. The first-order chi connectivity index (χ1) is 11.4. The number of carbonyl (C=O) groups is 2. The number of esters is 1. The number of likely N-dealkylation sites (N-methyl/N-ethyl adjacent to an activating group) is 1. The maximum Gasteiger partial charge on any atom is 0.331 e. The van der Waals surface area contributed by atoms with E-state index in [1.807, 2.05) is 0 Å². The van der Waals surface area contributed by atoms with Gasteiger partial charge in [0.1, 0.15) is 6.10 Å². The summed E-state index contributed by atoms with van der Waals surface area (Å²) in [4.78, 5) is 24.7. The Kier molecular flexibility index (Phi) is 6.34. The van der Waals surface area contributed by atoms with Gasteiger partial charge in [0.25, 0.3) is 0 Å². The van der Waals surface area contributed by atoms with Crippen molar-refractivity contribution in [3.05, 3.63) is 36.0 Å². The average molecular weight is 335 g/mol. The van der Waals surface area contributed by atoms with Crippen LogP contribution in [0.15, 0.2) is 36.0 Å². The van der Waals surface area contributed by atoms with Crippen molar-refractivity contribution < 1.29 is 23.8 Å². The molecule has 6 heteroatoms. The molecule has 0 bridgehead atoms. The molecule has 0 aromatic carbocycles. The third-order valence-corrected chi connectivity index (χ3v) is 3.90. The van der Waals surface area contributed by atoms with Crippen molar-refractivity contribution in [1.82, 2.24) is 4.90 Å². The number of nitrogens with zero attached hydrogens (tertiary/aromatic N) is 1. The van der Waals surface area contributed by atoms with E-state index in [1.165, 1.54) is 17.1 Å². The van der Waals surface area contributed by atoms with Gasteiger partial charge in [-0.3, -0.25) is 4.79 Å². The van der Waals surface area contributed by atoms with Crippen LogP contribution < -0.4 is 0 Å². The summed E-state index contributed by atoms with van der Waals surface area (Å²) in [7, 11) is 3.32. The minimum atomic E-state index is -0.513. The molecule has 6 nitrogen and oxygen atoms in total. The minimum absolute atomic E-state index is 0.150. The lowest BCUT2D eigenvalue weighted by Gasteiger charge is -2.30. The van der Waals surface area contributed by atoms with Crippen LogP contribution in [0.25, 0.3) is 0 Å². The molecular weight excluding hydrogens is 310 g/mol. The van der Waals surface area contributed by atoms with Gasteiger partial charge < -0.3 is 19.1 Å². The fourth-order valence-corrected chi connectivity index (χ4v) is 2.62. The molecule has 0 unspecified atom stereocenters. The second kappa shape index (κ2) is 8.26. The monoisotopic (exact) mass is 335 g/mol. The van der Waals surface area contributed by atoms with E-state index in [1.54, 1.807) is 33.2 Å². The Morgan fingerprint density at radius 2 is 2.00 bits per heavy atom. The van der Waals surface area contributed by atoms with Crippen molar-refractivity contribution in [2.24, 2.45) is 0 Å². The molecule has 24 heavy (non-hydrogen) atoms. The Morgan fingerprint density at radius 1 is 1.29 bits per heavy atom. The Balaban J connectivity index is 1.82. The van der Waals surface area contributed by atoms with Crippen molar-refractivity contribution >= 4 is 11.9 Å². The summed E-state index contributed by atoms with van der Waals surface area (Å²) in [5.74, 6) is -1.11. The van der Waals surface area contributed by atoms with E-state index in [-0.39, 0.29) is 5.91 Å². The molecule has 0 radical (unpaired) electrons. The van der Waals surface area contributed by atoms with Gasteiger partial charge in [0.05, 0.1) is 13.2 Å². The Labute approximate surface area is 142 Å². The van der Waals surface area contributed by atoms with Gasteiger partial charge in [0, 0.05) is 39.1 Å². The lowest BCUT2D eigenvalue weighted by molar-refractivity contribution is -0.162. The second-order valence-electron chi connectivity index (χ2n) is 6.17. The normalized spacial score (nSPS) is 21.2. The van der Waals surface area contributed by atoms with E-state index in [4.69, 9.17) is 14.2 Å². The molecular formula is C18H25NO5. The first kappa shape index (κ1) is 18.4. The van der Waals surface area contributed by atoms with Crippen LogP contribution in [0.1, 0.15) is 26.2 Å². The number of rotatable bonds is 5. The molecule has 2 aliphatic rings. The maximum absolute atomic E-state index is 11.9.